The monoisotopic (exact) mass is 410 g/mol. The molecule has 2 aliphatic heterocycles. The fourth-order valence-corrected chi connectivity index (χ4v) is 4.93. The summed E-state index contributed by atoms with van der Waals surface area (Å²) >= 11 is 0. The number of fused-ring (bicyclic) bond motifs is 3. The topological polar surface area (TPSA) is 68.9 Å². The first-order valence-corrected chi connectivity index (χ1v) is 11.2. The zero-order valence-electron chi connectivity index (χ0n) is 17.5. The van der Waals surface area contributed by atoms with Gasteiger partial charge in [-0.1, -0.05) is 0 Å². The molecule has 0 saturated carbocycles. The van der Waals surface area contributed by atoms with Crippen LogP contribution < -0.4 is 0 Å². The molecule has 0 radical (unpaired) electrons. The minimum atomic E-state index is 0.0722. The molecule has 30 heavy (non-hydrogen) atoms. The van der Waals surface area contributed by atoms with E-state index >= 15 is 0 Å². The number of aryl methyl sites for hydroxylation is 2. The number of amides is 2. The van der Waals surface area contributed by atoms with Crippen molar-refractivity contribution in [1.82, 2.24) is 19.7 Å². The molecule has 0 bridgehead atoms. The van der Waals surface area contributed by atoms with Crippen LogP contribution in [0, 0.1) is 0 Å². The molecule has 1 aliphatic carbocycles. The van der Waals surface area contributed by atoms with Crippen LogP contribution in [0.3, 0.4) is 0 Å². The molecule has 2 aromatic rings. The van der Waals surface area contributed by atoms with Crippen LogP contribution in [0.5, 0.6) is 0 Å². The Morgan fingerprint density at radius 2 is 1.67 bits per heavy atom. The van der Waals surface area contributed by atoms with Crippen molar-refractivity contribution in [3.63, 3.8) is 0 Å². The quantitative estimate of drug-likeness (QED) is 0.836. The van der Waals surface area contributed by atoms with Crippen LogP contribution in [-0.2, 0) is 22.4 Å². The summed E-state index contributed by atoms with van der Waals surface area (Å²) in [5, 5.41) is 1.20. The van der Waals surface area contributed by atoms with E-state index in [0.717, 1.165) is 37.0 Å². The van der Waals surface area contributed by atoms with Crippen LogP contribution in [0.15, 0.2) is 18.2 Å². The number of ether oxygens (including phenoxy) is 1. The van der Waals surface area contributed by atoms with E-state index in [-0.39, 0.29) is 11.8 Å². The summed E-state index contributed by atoms with van der Waals surface area (Å²) in [5.74, 6) is 0.229. The number of nitrogens with one attached hydrogen (secondary N) is 1. The smallest absolute Gasteiger partial charge is 0.253 e. The molecule has 1 aromatic heterocycles. The molecular weight excluding hydrogens is 380 g/mol. The maximum atomic E-state index is 13.1. The number of aromatic amines is 1. The summed E-state index contributed by atoms with van der Waals surface area (Å²) in [6.45, 7) is 5.88. The van der Waals surface area contributed by atoms with E-state index in [9.17, 15) is 9.59 Å². The van der Waals surface area contributed by atoms with Gasteiger partial charge in [-0.25, -0.2) is 0 Å². The van der Waals surface area contributed by atoms with Crippen molar-refractivity contribution in [3.05, 3.63) is 35.0 Å². The number of carbonyl (C=O) groups excluding carboxylic acids is 2. The van der Waals surface area contributed by atoms with Gasteiger partial charge in [0.25, 0.3) is 5.91 Å². The van der Waals surface area contributed by atoms with Crippen LogP contribution >= 0.6 is 0 Å². The van der Waals surface area contributed by atoms with Gasteiger partial charge in [0.2, 0.25) is 5.91 Å². The zero-order chi connectivity index (χ0) is 20.5. The zero-order valence-corrected chi connectivity index (χ0v) is 17.5. The number of hydrogen-bond donors (Lipinski definition) is 1. The average Bonchev–Trinajstić information content (AvgIpc) is 3.17. The lowest BCUT2D eigenvalue weighted by molar-refractivity contribution is -0.134. The lowest BCUT2D eigenvalue weighted by atomic mass is 9.95. The van der Waals surface area contributed by atoms with Crippen molar-refractivity contribution in [2.24, 2.45) is 0 Å². The van der Waals surface area contributed by atoms with E-state index in [1.807, 2.05) is 21.9 Å². The van der Waals surface area contributed by atoms with E-state index in [0.29, 0.717) is 45.9 Å². The van der Waals surface area contributed by atoms with E-state index in [1.165, 1.54) is 29.5 Å². The third-order valence-electron chi connectivity index (χ3n) is 6.73. The van der Waals surface area contributed by atoms with Gasteiger partial charge >= 0.3 is 0 Å². The molecule has 1 aromatic carbocycles. The highest BCUT2D eigenvalue weighted by Gasteiger charge is 2.27. The van der Waals surface area contributed by atoms with Gasteiger partial charge in [-0.3, -0.25) is 14.5 Å². The first kappa shape index (κ1) is 19.6. The minimum Gasteiger partial charge on any atom is -0.379 e. The molecule has 0 spiro atoms. The van der Waals surface area contributed by atoms with Gasteiger partial charge in [-0.05, 0) is 49.4 Å². The number of morpholine rings is 1. The Morgan fingerprint density at radius 1 is 0.933 bits per heavy atom. The molecule has 7 nitrogen and oxygen atoms in total. The molecule has 3 aliphatic rings. The molecule has 2 amide bonds. The fraction of sp³-hybridized carbons (Fsp3) is 0.565. The molecular formula is C23H30N4O3. The van der Waals surface area contributed by atoms with Crippen molar-refractivity contribution in [2.75, 3.05) is 59.0 Å². The van der Waals surface area contributed by atoms with Crippen molar-refractivity contribution >= 4 is 22.7 Å². The molecule has 0 unspecified atom stereocenters. The standard InChI is InChI=1S/C23H30N4O3/c28-22(16-25-11-13-30-14-12-25)26-7-9-27(10-8-26)23(29)17-5-6-21-19(15-17)18-3-1-2-4-20(18)24-21/h5-6,15,24H,1-4,7-14,16H2. The van der Waals surface area contributed by atoms with Crippen LogP contribution in [0.2, 0.25) is 0 Å². The highest BCUT2D eigenvalue weighted by Crippen LogP contribution is 2.30. The van der Waals surface area contributed by atoms with E-state index in [4.69, 9.17) is 4.74 Å². The van der Waals surface area contributed by atoms with Crippen molar-refractivity contribution < 1.29 is 14.3 Å². The van der Waals surface area contributed by atoms with Crippen molar-refractivity contribution in [3.8, 4) is 0 Å². The second kappa shape index (κ2) is 8.40. The van der Waals surface area contributed by atoms with E-state index in [2.05, 4.69) is 16.0 Å². The highest BCUT2D eigenvalue weighted by atomic mass is 16.5. The second-order valence-electron chi connectivity index (χ2n) is 8.61. The third kappa shape index (κ3) is 3.84. The van der Waals surface area contributed by atoms with Crippen molar-refractivity contribution in [2.45, 2.75) is 25.7 Å². The Balaban J connectivity index is 1.22. The number of aromatic nitrogens is 1. The Bertz CT molecular complexity index is 939. The average molecular weight is 411 g/mol. The van der Waals surface area contributed by atoms with E-state index in [1.54, 1.807) is 0 Å². The summed E-state index contributed by atoms with van der Waals surface area (Å²) in [6.07, 6.45) is 4.66. The molecule has 2 saturated heterocycles. The Labute approximate surface area is 176 Å². The van der Waals surface area contributed by atoms with Gasteiger partial charge < -0.3 is 19.5 Å². The molecule has 0 atom stereocenters. The number of nitrogens with zero attached hydrogens (tertiary/aromatic N) is 3. The van der Waals surface area contributed by atoms with Crippen LogP contribution in [0.25, 0.3) is 10.9 Å². The Kier molecular flexibility index (Phi) is 5.48. The summed E-state index contributed by atoms with van der Waals surface area (Å²) in [6, 6.07) is 6.04. The molecule has 7 heteroatoms. The molecule has 2 fully saturated rings. The minimum absolute atomic E-state index is 0.0722. The molecule has 1 N–H and O–H groups in total. The van der Waals surface area contributed by atoms with Gasteiger partial charge in [-0.15, -0.1) is 0 Å². The molecule has 5 rings (SSSR count). The predicted octanol–water partition coefficient (Wildman–Crippen LogP) is 1.66. The second-order valence-corrected chi connectivity index (χ2v) is 8.61. The Hall–Kier alpha value is -2.38. The predicted molar refractivity (Wildman–Crippen MR) is 115 cm³/mol. The number of piperazine rings is 1. The first-order chi connectivity index (χ1) is 14.7. The van der Waals surface area contributed by atoms with Crippen molar-refractivity contribution in [1.29, 1.82) is 0 Å². The van der Waals surface area contributed by atoms with Gasteiger partial charge in [-0.2, -0.15) is 0 Å². The number of carbonyl (C=O) groups is 2. The summed E-state index contributed by atoms with van der Waals surface area (Å²) in [5.41, 5.74) is 4.62. The summed E-state index contributed by atoms with van der Waals surface area (Å²) in [4.78, 5) is 35.2. The number of hydrogen-bond acceptors (Lipinski definition) is 4. The SMILES string of the molecule is O=C(CN1CCOCC1)N1CCN(C(=O)c2ccc3[nH]c4c(c3c2)CCCC4)CC1. The number of H-pyrrole nitrogens is 1. The van der Waals surface area contributed by atoms with Gasteiger partial charge in [0, 0.05) is 61.4 Å². The highest BCUT2D eigenvalue weighted by molar-refractivity contribution is 5.99. The van der Waals surface area contributed by atoms with Gasteiger partial charge in [0.1, 0.15) is 0 Å². The number of benzene rings is 1. The lowest BCUT2D eigenvalue weighted by Crippen LogP contribution is -2.53. The largest absolute Gasteiger partial charge is 0.379 e. The van der Waals surface area contributed by atoms with E-state index < -0.39 is 0 Å². The van der Waals surface area contributed by atoms with Crippen LogP contribution in [0.1, 0.15) is 34.5 Å². The van der Waals surface area contributed by atoms with Crippen LogP contribution in [0.4, 0.5) is 0 Å². The third-order valence-corrected chi connectivity index (χ3v) is 6.73. The normalized spacial score (nSPS) is 20.4. The van der Waals surface area contributed by atoms with Gasteiger partial charge in [0.15, 0.2) is 0 Å². The molecule has 160 valence electrons. The lowest BCUT2D eigenvalue weighted by Gasteiger charge is -2.36. The number of rotatable bonds is 3. The van der Waals surface area contributed by atoms with Crippen LogP contribution in [-0.4, -0.2) is 90.5 Å². The summed E-state index contributed by atoms with van der Waals surface area (Å²) < 4.78 is 5.35. The maximum Gasteiger partial charge on any atom is 0.253 e. The maximum absolute atomic E-state index is 13.1. The first-order valence-electron chi connectivity index (χ1n) is 11.2. The fourth-order valence-electron chi connectivity index (χ4n) is 4.93. The molecule has 3 heterocycles. The van der Waals surface area contributed by atoms with Gasteiger partial charge in [0.05, 0.1) is 19.8 Å². The Morgan fingerprint density at radius 3 is 2.47 bits per heavy atom. The summed E-state index contributed by atoms with van der Waals surface area (Å²) in [7, 11) is 0.